The van der Waals surface area contributed by atoms with Gasteiger partial charge in [0.15, 0.2) is 0 Å². The second-order valence-corrected chi connectivity index (χ2v) is 3.83. The van der Waals surface area contributed by atoms with E-state index < -0.39 is 5.97 Å². The van der Waals surface area contributed by atoms with E-state index in [0.717, 1.165) is 5.56 Å². The van der Waals surface area contributed by atoms with Crippen LogP contribution in [0.3, 0.4) is 0 Å². The van der Waals surface area contributed by atoms with Crippen LogP contribution >= 0.6 is 0 Å². The Labute approximate surface area is 98.1 Å². The summed E-state index contributed by atoms with van der Waals surface area (Å²) >= 11 is 0. The Balaban J connectivity index is 2.19. The van der Waals surface area contributed by atoms with E-state index in [4.69, 9.17) is 9.52 Å². The minimum atomic E-state index is -0.835. The summed E-state index contributed by atoms with van der Waals surface area (Å²) in [5.41, 5.74) is 0.779. The topological polar surface area (TPSA) is 76.2 Å². The average molecular weight is 232 g/mol. The quantitative estimate of drug-likeness (QED) is 0.875. The maximum atomic E-state index is 10.6. The molecule has 0 aliphatic carbocycles. The van der Waals surface area contributed by atoms with Crippen LogP contribution in [0, 0.1) is 0 Å². The van der Waals surface area contributed by atoms with Gasteiger partial charge in [-0.05, 0) is 12.1 Å². The lowest BCUT2D eigenvalue weighted by Gasteiger charge is -2.04. The second-order valence-electron chi connectivity index (χ2n) is 3.83. The molecule has 0 amide bonds. The Morgan fingerprint density at radius 3 is 2.76 bits per heavy atom. The molecule has 2 aromatic heterocycles. The first-order chi connectivity index (χ1) is 8.16. The normalized spacial score (nSPS) is 12.3. The molecule has 1 N–H and O–H groups in total. The lowest BCUT2D eigenvalue weighted by Crippen LogP contribution is -2.01. The van der Waals surface area contributed by atoms with E-state index >= 15 is 0 Å². The highest BCUT2D eigenvalue weighted by Crippen LogP contribution is 2.26. The van der Waals surface area contributed by atoms with E-state index in [0.29, 0.717) is 11.5 Å². The minimum Gasteiger partial charge on any atom is -0.481 e. The number of aliphatic carboxylic acids is 1. The fourth-order valence-corrected chi connectivity index (χ4v) is 1.56. The molecule has 0 aliphatic rings. The molecule has 5 nitrogen and oxygen atoms in total. The summed E-state index contributed by atoms with van der Waals surface area (Å²) in [6, 6.07) is 3.59. The summed E-state index contributed by atoms with van der Waals surface area (Å²) in [5, 5.41) is 8.71. The average Bonchev–Trinajstić information content (AvgIpc) is 2.78. The van der Waals surface area contributed by atoms with Crippen molar-refractivity contribution in [1.82, 2.24) is 9.97 Å². The van der Waals surface area contributed by atoms with Gasteiger partial charge >= 0.3 is 5.97 Å². The molecule has 0 saturated carbocycles. The zero-order valence-electron chi connectivity index (χ0n) is 9.33. The van der Waals surface area contributed by atoms with Crippen molar-refractivity contribution in [3.05, 3.63) is 36.6 Å². The van der Waals surface area contributed by atoms with Crippen molar-refractivity contribution in [2.75, 3.05) is 0 Å². The molecule has 0 spiro atoms. The number of carbonyl (C=O) groups is 1. The summed E-state index contributed by atoms with van der Waals surface area (Å²) < 4.78 is 5.59. The van der Waals surface area contributed by atoms with E-state index in [2.05, 4.69) is 9.97 Å². The second kappa shape index (κ2) is 4.78. The Hall–Kier alpha value is -2.17. The zero-order valence-corrected chi connectivity index (χ0v) is 9.33. The van der Waals surface area contributed by atoms with Crippen LogP contribution in [0.5, 0.6) is 0 Å². The smallest absolute Gasteiger partial charge is 0.304 e. The van der Waals surface area contributed by atoms with Gasteiger partial charge in [-0.15, -0.1) is 0 Å². The Morgan fingerprint density at radius 1 is 1.41 bits per heavy atom. The van der Waals surface area contributed by atoms with Crippen molar-refractivity contribution in [3.8, 4) is 11.3 Å². The van der Waals surface area contributed by atoms with Gasteiger partial charge in [0.1, 0.15) is 17.8 Å². The van der Waals surface area contributed by atoms with Crippen molar-refractivity contribution in [2.45, 2.75) is 19.3 Å². The molecule has 0 aliphatic heterocycles. The van der Waals surface area contributed by atoms with E-state index in [9.17, 15) is 4.79 Å². The highest BCUT2D eigenvalue weighted by Gasteiger charge is 2.14. The largest absolute Gasteiger partial charge is 0.481 e. The minimum absolute atomic E-state index is 0.0538. The summed E-state index contributed by atoms with van der Waals surface area (Å²) in [6.45, 7) is 1.82. The third-order valence-electron chi connectivity index (χ3n) is 2.44. The number of carboxylic acids is 1. The predicted octanol–water partition coefficient (Wildman–Crippen LogP) is 2.31. The van der Waals surface area contributed by atoms with Crippen molar-refractivity contribution >= 4 is 5.97 Å². The molecule has 5 heteroatoms. The van der Waals surface area contributed by atoms with Crippen molar-refractivity contribution in [1.29, 1.82) is 0 Å². The van der Waals surface area contributed by atoms with Gasteiger partial charge in [0, 0.05) is 18.3 Å². The number of hydrogen-bond acceptors (Lipinski definition) is 4. The van der Waals surface area contributed by atoms with Crippen LogP contribution in [0.1, 0.15) is 25.0 Å². The number of rotatable bonds is 4. The van der Waals surface area contributed by atoms with E-state index in [1.165, 1.54) is 6.33 Å². The van der Waals surface area contributed by atoms with Crippen LogP contribution in [0.25, 0.3) is 11.3 Å². The Morgan fingerprint density at radius 2 is 2.12 bits per heavy atom. The molecule has 1 atom stereocenters. The summed E-state index contributed by atoms with van der Waals surface area (Å²) in [4.78, 5) is 18.4. The summed E-state index contributed by atoms with van der Waals surface area (Å²) in [7, 11) is 0. The fraction of sp³-hybridized carbons (Fsp3) is 0.250. The number of aromatic nitrogens is 2. The molecule has 88 valence electrons. The molecular weight excluding hydrogens is 220 g/mol. The maximum Gasteiger partial charge on any atom is 0.304 e. The van der Waals surface area contributed by atoms with Crippen LogP contribution in [0.2, 0.25) is 0 Å². The van der Waals surface area contributed by atoms with Gasteiger partial charge in [0.05, 0.1) is 12.0 Å². The molecule has 0 bridgehead atoms. The Kier molecular flexibility index (Phi) is 3.18. The highest BCUT2D eigenvalue weighted by molar-refractivity contribution is 5.67. The molecule has 2 heterocycles. The number of hydrogen-bond donors (Lipinski definition) is 1. The van der Waals surface area contributed by atoms with Crippen LogP contribution in [0.15, 0.2) is 35.3 Å². The van der Waals surface area contributed by atoms with Crippen LogP contribution in [0.4, 0.5) is 0 Å². The third-order valence-corrected chi connectivity index (χ3v) is 2.44. The lowest BCUT2D eigenvalue weighted by atomic mass is 10.1. The molecule has 2 aromatic rings. The predicted molar refractivity (Wildman–Crippen MR) is 60.4 cm³/mol. The van der Waals surface area contributed by atoms with Crippen LogP contribution in [-0.2, 0) is 4.79 Å². The van der Waals surface area contributed by atoms with Gasteiger partial charge in [-0.25, -0.2) is 9.97 Å². The number of carboxylic acid groups (broad SMARTS) is 1. The monoisotopic (exact) mass is 232 g/mol. The highest BCUT2D eigenvalue weighted by atomic mass is 16.4. The zero-order chi connectivity index (χ0) is 12.3. The van der Waals surface area contributed by atoms with Crippen molar-refractivity contribution in [2.24, 2.45) is 0 Å². The third kappa shape index (κ3) is 2.69. The molecule has 0 radical (unpaired) electrons. The molecule has 1 unspecified atom stereocenters. The van der Waals surface area contributed by atoms with Gasteiger partial charge in [0.2, 0.25) is 0 Å². The first-order valence-corrected chi connectivity index (χ1v) is 5.23. The maximum absolute atomic E-state index is 10.6. The van der Waals surface area contributed by atoms with Crippen molar-refractivity contribution < 1.29 is 14.3 Å². The molecule has 0 saturated heterocycles. The van der Waals surface area contributed by atoms with E-state index in [-0.39, 0.29) is 12.3 Å². The lowest BCUT2D eigenvalue weighted by molar-refractivity contribution is -0.137. The van der Waals surface area contributed by atoms with Crippen LogP contribution < -0.4 is 0 Å². The van der Waals surface area contributed by atoms with Gasteiger partial charge in [0.25, 0.3) is 0 Å². The first-order valence-electron chi connectivity index (χ1n) is 5.23. The van der Waals surface area contributed by atoms with Gasteiger partial charge in [-0.3, -0.25) is 4.79 Å². The van der Waals surface area contributed by atoms with Gasteiger partial charge in [-0.2, -0.15) is 0 Å². The number of furan rings is 1. The molecule has 0 aromatic carbocycles. The molecular formula is C12H12N2O3. The molecule has 0 fully saturated rings. The first kappa shape index (κ1) is 11.3. The van der Waals surface area contributed by atoms with Crippen LogP contribution in [-0.4, -0.2) is 21.0 Å². The summed E-state index contributed by atoms with van der Waals surface area (Å²) in [6.07, 6.45) is 4.80. The van der Waals surface area contributed by atoms with Gasteiger partial charge in [-0.1, -0.05) is 6.92 Å². The summed E-state index contributed by atoms with van der Waals surface area (Å²) in [5.74, 6) is 0.327. The van der Waals surface area contributed by atoms with Crippen molar-refractivity contribution in [3.63, 3.8) is 0 Å². The number of nitrogens with zero attached hydrogens (tertiary/aromatic N) is 2. The van der Waals surface area contributed by atoms with Gasteiger partial charge < -0.3 is 9.52 Å². The molecule has 2 rings (SSSR count). The SMILES string of the molecule is CC(CC(=O)O)c1ccc(-c2cncnc2)o1. The molecule has 17 heavy (non-hydrogen) atoms. The Bertz CT molecular complexity index is 507. The standard InChI is InChI=1S/C12H12N2O3/c1-8(4-12(15)16)10-2-3-11(17-10)9-5-13-7-14-6-9/h2-3,5-8H,4H2,1H3,(H,15,16). The van der Waals surface area contributed by atoms with E-state index in [1.54, 1.807) is 24.5 Å². The fourth-order valence-electron chi connectivity index (χ4n) is 1.56. The van der Waals surface area contributed by atoms with E-state index in [1.807, 2.05) is 6.92 Å².